The van der Waals surface area contributed by atoms with Gasteiger partial charge in [-0.05, 0) is 24.6 Å². The van der Waals surface area contributed by atoms with Crippen LogP contribution in [0.2, 0.25) is 0 Å². The van der Waals surface area contributed by atoms with Gasteiger partial charge in [-0.1, -0.05) is 48.0 Å². The number of hydrogen-bond acceptors (Lipinski definition) is 2. The largest absolute Gasteiger partial charge is 0.388 e. The quantitative estimate of drug-likeness (QED) is 0.825. The topological polar surface area (TPSA) is 20.2 Å². The van der Waals surface area contributed by atoms with Crippen molar-refractivity contribution >= 4 is 11.8 Å². The van der Waals surface area contributed by atoms with Crippen LogP contribution >= 0.6 is 11.8 Å². The van der Waals surface area contributed by atoms with Crippen molar-refractivity contribution in [1.82, 2.24) is 0 Å². The first-order chi connectivity index (χ1) is 8.25. The lowest BCUT2D eigenvalue weighted by Gasteiger charge is -2.10. The highest BCUT2D eigenvalue weighted by Crippen LogP contribution is 2.25. The third kappa shape index (κ3) is 3.62. The molecular weight excluding hydrogens is 228 g/mol. The predicted molar refractivity (Wildman–Crippen MR) is 73.3 cm³/mol. The standard InChI is InChI=1S/C15H16OS/c1-12-6-5-9-14(10-12)17-11-15(16)13-7-3-2-4-8-13/h2-10,15-16H,11H2,1H3. The van der Waals surface area contributed by atoms with Gasteiger partial charge in [-0.25, -0.2) is 0 Å². The van der Waals surface area contributed by atoms with Crippen molar-refractivity contribution in [3.63, 3.8) is 0 Å². The first-order valence-corrected chi connectivity index (χ1v) is 6.67. The van der Waals surface area contributed by atoms with Crippen LogP contribution in [-0.2, 0) is 0 Å². The zero-order chi connectivity index (χ0) is 12.1. The molecule has 0 aliphatic carbocycles. The molecule has 0 aliphatic heterocycles. The van der Waals surface area contributed by atoms with Crippen molar-refractivity contribution in [2.24, 2.45) is 0 Å². The van der Waals surface area contributed by atoms with Crippen molar-refractivity contribution in [3.8, 4) is 0 Å². The van der Waals surface area contributed by atoms with E-state index < -0.39 is 6.10 Å². The Bertz CT molecular complexity index is 467. The van der Waals surface area contributed by atoms with Gasteiger partial charge in [0.15, 0.2) is 0 Å². The lowest BCUT2D eigenvalue weighted by Crippen LogP contribution is -1.99. The Kier molecular flexibility index (Phi) is 4.24. The second kappa shape index (κ2) is 5.89. The summed E-state index contributed by atoms with van der Waals surface area (Å²) >= 11 is 1.69. The Balaban J connectivity index is 1.95. The summed E-state index contributed by atoms with van der Waals surface area (Å²) in [6.45, 7) is 2.08. The first-order valence-electron chi connectivity index (χ1n) is 5.68. The maximum atomic E-state index is 10.0. The van der Waals surface area contributed by atoms with Crippen LogP contribution in [0.5, 0.6) is 0 Å². The molecule has 1 atom stereocenters. The summed E-state index contributed by atoms with van der Waals surface area (Å²) in [6.07, 6.45) is -0.401. The van der Waals surface area contributed by atoms with E-state index in [1.165, 1.54) is 10.5 Å². The van der Waals surface area contributed by atoms with Crippen LogP contribution in [0.25, 0.3) is 0 Å². The molecular formula is C15H16OS. The number of aryl methyl sites for hydroxylation is 1. The Morgan fingerprint density at radius 1 is 1.06 bits per heavy atom. The minimum atomic E-state index is -0.401. The normalized spacial score (nSPS) is 12.4. The molecule has 0 radical (unpaired) electrons. The van der Waals surface area contributed by atoms with Crippen molar-refractivity contribution in [2.45, 2.75) is 17.9 Å². The number of thioether (sulfide) groups is 1. The van der Waals surface area contributed by atoms with E-state index in [0.29, 0.717) is 5.75 Å². The molecule has 0 aromatic heterocycles. The lowest BCUT2D eigenvalue weighted by atomic mass is 10.1. The maximum absolute atomic E-state index is 10.0. The summed E-state index contributed by atoms with van der Waals surface area (Å²) in [4.78, 5) is 1.21. The maximum Gasteiger partial charge on any atom is 0.0883 e. The Morgan fingerprint density at radius 2 is 1.82 bits per heavy atom. The molecule has 2 rings (SSSR count). The molecule has 0 fully saturated rings. The third-order valence-corrected chi connectivity index (χ3v) is 3.65. The van der Waals surface area contributed by atoms with Gasteiger partial charge in [-0.15, -0.1) is 11.8 Å². The SMILES string of the molecule is Cc1cccc(SCC(O)c2ccccc2)c1. The molecule has 0 heterocycles. The van der Waals surface area contributed by atoms with E-state index in [9.17, 15) is 5.11 Å². The molecule has 2 aromatic rings. The summed E-state index contributed by atoms with van der Waals surface area (Å²) in [6, 6.07) is 18.1. The van der Waals surface area contributed by atoms with Crippen LogP contribution in [0.4, 0.5) is 0 Å². The summed E-state index contributed by atoms with van der Waals surface area (Å²) < 4.78 is 0. The Labute approximate surface area is 107 Å². The van der Waals surface area contributed by atoms with Crippen LogP contribution in [0.3, 0.4) is 0 Å². The molecule has 2 heteroatoms. The van der Waals surface area contributed by atoms with E-state index >= 15 is 0 Å². The molecule has 1 nitrogen and oxygen atoms in total. The Morgan fingerprint density at radius 3 is 2.53 bits per heavy atom. The molecule has 2 aromatic carbocycles. The molecule has 0 bridgehead atoms. The fraction of sp³-hybridized carbons (Fsp3) is 0.200. The van der Waals surface area contributed by atoms with Gasteiger partial charge < -0.3 is 5.11 Å². The summed E-state index contributed by atoms with van der Waals surface area (Å²) in [5.41, 5.74) is 2.23. The van der Waals surface area contributed by atoms with E-state index in [2.05, 4.69) is 25.1 Å². The molecule has 0 saturated carbocycles. The number of hydrogen-bond donors (Lipinski definition) is 1. The average Bonchev–Trinajstić information content (AvgIpc) is 2.37. The van der Waals surface area contributed by atoms with Crippen molar-refractivity contribution in [3.05, 3.63) is 65.7 Å². The molecule has 1 N–H and O–H groups in total. The molecule has 0 aliphatic rings. The van der Waals surface area contributed by atoms with Crippen molar-refractivity contribution < 1.29 is 5.11 Å². The van der Waals surface area contributed by atoms with Gasteiger partial charge in [0, 0.05) is 10.6 Å². The van der Waals surface area contributed by atoms with E-state index in [1.807, 2.05) is 36.4 Å². The van der Waals surface area contributed by atoms with E-state index in [0.717, 1.165) is 5.56 Å². The van der Waals surface area contributed by atoms with Gasteiger partial charge in [0.25, 0.3) is 0 Å². The highest BCUT2D eigenvalue weighted by molar-refractivity contribution is 7.99. The van der Waals surface area contributed by atoms with Crippen LogP contribution in [0.1, 0.15) is 17.2 Å². The van der Waals surface area contributed by atoms with Crippen LogP contribution in [0.15, 0.2) is 59.5 Å². The highest BCUT2D eigenvalue weighted by atomic mass is 32.2. The van der Waals surface area contributed by atoms with Crippen molar-refractivity contribution in [1.29, 1.82) is 0 Å². The molecule has 17 heavy (non-hydrogen) atoms. The van der Waals surface area contributed by atoms with Crippen LogP contribution < -0.4 is 0 Å². The molecule has 0 saturated heterocycles. The van der Waals surface area contributed by atoms with Gasteiger partial charge >= 0.3 is 0 Å². The monoisotopic (exact) mass is 244 g/mol. The molecule has 88 valence electrons. The number of aliphatic hydroxyl groups is 1. The summed E-state index contributed by atoms with van der Waals surface area (Å²) in [5, 5.41) is 10.0. The summed E-state index contributed by atoms with van der Waals surface area (Å²) in [5.74, 6) is 0.688. The number of benzene rings is 2. The second-order valence-electron chi connectivity index (χ2n) is 4.05. The Hall–Kier alpha value is -1.25. The van der Waals surface area contributed by atoms with Gasteiger partial charge in [0.2, 0.25) is 0 Å². The van der Waals surface area contributed by atoms with Gasteiger partial charge in [0.05, 0.1) is 6.10 Å². The van der Waals surface area contributed by atoms with Crippen LogP contribution in [0, 0.1) is 6.92 Å². The zero-order valence-corrected chi connectivity index (χ0v) is 10.7. The fourth-order valence-corrected chi connectivity index (χ4v) is 2.64. The van der Waals surface area contributed by atoms with Gasteiger partial charge in [-0.3, -0.25) is 0 Å². The number of aliphatic hydroxyl groups excluding tert-OH is 1. The third-order valence-electron chi connectivity index (χ3n) is 2.58. The first kappa shape index (κ1) is 12.2. The average molecular weight is 244 g/mol. The van der Waals surface area contributed by atoms with Crippen molar-refractivity contribution in [2.75, 3.05) is 5.75 Å². The minimum absolute atomic E-state index is 0.401. The highest BCUT2D eigenvalue weighted by Gasteiger charge is 2.07. The fourth-order valence-electron chi connectivity index (χ4n) is 1.65. The minimum Gasteiger partial charge on any atom is -0.388 e. The predicted octanol–water partition coefficient (Wildman–Crippen LogP) is 3.82. The van der Waals surface area contributed by atoms with Gasteiger partial charge in [-0.2, -0.15) is 0 Å². The van der Waals surface area contributed by atoms with Gasteiger partial charge in [0.1, 0.15) is 0 Å². The molecule has 0 amide bonds. The lowest BCUT2D eigenvalue weighted by molar-refractivity contribution is 0.204. The molecule has 0 spiro atoms. The zero-order valence-electron chi connectivity index (χ0n) is 9.84. The van der Waals surface area contributed by atoms with E-state index in [1.54, 1.807) is 11.8 Å². The molecule has 1 unspecified atom stereocenters. The number of rotatable bonds is 4. The van der Waals surface area contributed by atoms with Crippen LogP contribution in [-0.4, -0.2) is 10.9 Å². The van der Waals surface area contributed by atoms with E-state index in [4.69, 9.17) is 0 Å². The van der Waals surface area contributed by atoms with E-state index in [-0.39, 0.29) is 0 Å². The second-order valence-corrected chi connectivity index (χ2v) is 5.15. The summed E-state index contributed by atoms with van der Waals surface area (Å²) in [7, 11) is 0. The smallest absolute Gasteiger partial charge is 0.0883 e.